The zero-order chi connectivity index (χ0) is 18.5. The smallest absolute Gasteiger partial charge is 0.413 e. The molecule has 2 aromatic rings. The fourth-order valence-corrected chi connectivity index (χ4v) is 4.03. The molecular formula is C18H21N3O4S. The molecule has 0 radical (unpaired) electrons. The van der Waals surface area contributed by atoms with Crippen molar-refractivity contribution in [3.8, 4) is 0 Å². The average molecular weight is 375 g/mol. The van der Waals surface area contributed by atoms with Gasteiger partial charge in [0.2, 0.25) is 5.91 Å². The van der Waals surface area contributed by atoms with Gasteiger partial charge in [-0.1, -0.05) is 36.7 Å². The quantitative estimate of drug-likeness (QED) is 0.638. The maximum Gasteiger partial charge on any atom is 0.413 e. The maximum absolute atomic E-state index is 13.0. The third-order valence-corrected chi connectivity index (χ3v) is 5.27. The molecule has 0 bridgehead atoms. The summed E-state index contributed by atoms with van der Waals surface area (Å²) in [5.41, 5.74) is 0.538. The van der Waals surface area contributed by atoms with Gasteiger partial charge in [-0.3, -0.25) is 19.5 Å². The van der Waals surface area contributed by atoms with Crippen LogP contribution in [0.5, 0.6) is 0 Å². The lowest BCUT2D eigenvalue weighted by Crippen LogP contribution is -2.33. The van der Waals surface area contributed by atoms with Crippen molar-refractivity contribution in [1.82, 2.24) is 14.9 Å². The number of aromatic nitrogens is 2. The van der Waals surface area contributed by atoms with Crippen LogP contribution in [-0.4, -0.2) is 33.9 Å². The van der Waals surface area contributed by atoms with E-state index in [4.69, 9.17) is 4.74 Å². The van der Waals surface area contributed by atoms with Crippen molar-refractivity contribution >= 4 is 34.7 Å². The molecular weight excluding hydrogens is 354 g/mol. The summed E-state index contributed by atoms with van der Waals surface area (Å²) in [7, 11) is 0. The van der Waals surface area contributed by atoms with Gasteiger partial charge >= 0.3 is 6.09 Å². The summed E-state index contributed by atoms with van der Waals surface area (Å²) in [5, 5.41) is 3.25. The third-order valence-electron chi connectivity index (χ3n) is 4.31. The number of carbonyl (C=O) groups excluding carboxylic acids is 2. The number of rotatable bonds is 5. The molecule has 1 aromatic carbocycles. The SMILES string of the molecule is CCOC(=O)NC(=O)CSc1nc2ccccc2c(=O)n1C1CCCC1. The van der Waals surface area contributed by atoms with Gasteiger partial charge in [0.15, 0.2) is 5.16 Å². The van der Waals surface area contributed by atoms with Crippen molar-refractivity contribution in [2.75, 3.05) is 12.4 Å². The zero-order valence-corrected chi connectivity index (χ0v) is 15.4. The Kier molecular flexibility index (Phi) is 5.92. The Hall–Kier alpha value is -2.35. The number of hydrogen-bond donors (Lipinski definition) is 1. The van der Waals surface area contributed by atoms with Gasteiger partial charge in [-0.25, -0.2) is 9.78 Å². The molecule has 8 heteroatoms. The van der Waals surface area contributed by atoms with Gasteiger partial charge in [0, 0.05) is 6.04 Å². The fourth-order valence-electron chi connectivity index (χ4n) is 3.16. The molecule has 1 aliphatic rings. The minimum atomic E-state index is -0.766. The van der Waals surface area contributed by atoms with E-state index in [1.165, 1.54) is 0 Å². The van der Waals surface area contributed by atoms with Gasteiger partial charge in [0.25, 0.3) is 5.56 Å². The van der Waals surface area contributed by atoms with Crippen LogP contribution in [0, 0.1) is 0 Å². The minimum absolute atomic E-state index is 0.0175. The largest absolute Gasteiger partial charge is 0.450 e. The minimum Gasteiger partial charge on any atom is -0.450 e. The number of imide groups is 1. The molecule has 1 heterocycles. The summed E-state index contributed by atoms with van der Waals surface area (Å²) in [6.45, 7) is 1.86. The summed E-state index contributed by atoms with van der Waals surface area (Å²) in [5.74, 6) is -0.495. The first-order valence-corrected chi connectivity index (χ1v) is 9.69. The standard InChI is InChI=1S/C18H21N3O4S/c1-2-25-18(24)20-15(22)11-26-17-19-14-10-6-5-9-13(14)16(23)21(17)12-7-3-4-8-12/h5-6,9-10,12H,2-4,7-8,11H2,1H3,(H,20,22,24). The summed E-state index contributed by atoms with van der Waals surface area (Å²) in [6, 6.07) is 7.33. The molecule has 7 nitrogen and oxygen atoms in total. The van der Waals surface area contributed by atoms with Crippen molar-refractivity contribution in [3.05, 3.63) is 34.6 Å². The number of alkyl carbamates (subject to hydrolysis) is 1. The Morgan fingerprint density at radius 1 is 1.31 bits per heavy atom. The number of nitrogens with one attached hydrogen (secondary N) is 1. The van der Waals surface area contributed by atoms with Crippen LogP contribution in [0.15, 0.2) is 34.2 Å². The van der Waals surface area contributed by atoms with Crippen LogP contribution in [0.4, 0.5) is 4.79 Å². The van der Waals surface area contributed by atoms with Crippen LogP contribution in [0.3, 0.4) is 0 Å². The van der Waals surface area contributed by atoms with Crippen LogP contribution >= 0.6 is 11.8 Å². The van der Waals surface area contributed by atoms with E-state index in [-0.39, 0.29) is 24.0 Å². The van der Waals surface area contributed by atoms with Crippen molar-refractivity contribution < 1.29 is 14.3 Å². The summed E-state index contributed by atoms with van der Waals surface area (Å²) < 4.78 is 6.42. The summed E-state index contributed by atoms with van der Waals surface area (Å²) >= 11 is 1.16. The Morgan fingerprint density at radius 2 is 2.04 bits per heavy atom. The van der Waals surface area contributed by atoms with Crippen LogP contribution in [0.25, 0.3) is 10.9 Å². The molecule has 1 aromatic heterocycles. The zero-order valence-electron chi connectivity index (χ0n) is 14.6. The van der Waals surface area contributed by atoms with E-state index < -0.39 is 12.0 Å². The van der Waals surface area contributed by atoms with Crippen molar-refractivity contribution in [1.29, 1.82) is 0 Å². The molecule has 0 atom stereocenters. The highest BCUT2D eigenvalue weighted by Crippen LogP contribution is 2.32. The molecule has 26 heavy (non-hydrogen) atoms. The molecule has 0 unspecified atom stereocenters. The number of nitrogens with zero attached hydrogens (tertiary/aromatic N) is 2. The first-order valence-electron chi connectivity index (χ1n) is 8.71. The van der Waals surface area contributed by atoms with Crippen LogP contribution < -0.4 is 10.9 Å². The third kappa shape index (κ3) is 4.07. The molecule has 0 spiro atoms. The molecule has 1 N–H and O–H groups in total. The fraction of sp³-hybridized carbons (Fsp3) is 0.444. The number of para-hydroxylation sites is 1. The lowest BCUT2D eigenvalue weighted by atomic mass is 10.2. The highest BCUT2D eigenvalue weighted by Gasteiger charge is 2.23. The second-order valence-electron chi connectivity index (χ2n) is 6.08. The predicted molar refractivity (Wildman–Crippen MR) is 99.4 cm³/mol. The first-order chi connectivity index (χ1) is 12.6. The van der Waals surface area contributed by atoms with E-state index in [1.807, 2.05) is 12.1 Å². The summed E-state index contributed by atoms with van der Waals surface area (Å²) in [4.78, 5) is 40.8. The van der Waals surface area contributed by atoms with Gasteiger partial charge < -0.3 is 4.74 Å². The first kappa shape index (κ1) is 18.4. The van der Waals surface area contributed by atoms with Crippen molar-refractivity contribution in [2.24, 2.45) is 0 Å². The number of ether oxygens (including phenoxy) is 1. The van der Waals surface area contributed by atoms with E-state index in [0.29, 0.717) is 16.1 Å². The Balaban J connectivity index is 1.86. The molecule has 0 aliphatic heterocycles. The molecule has 3 rings (SSSR count). The van der Waals surface area contributed by atoms with Gasteiger partial charge in [0.05, 0.1) is 23.3 Å². The van der Waals surface area contributed by atoms with Gasteiger partial charge in [-0.15, -0.1) is 0 Å². The molecule has 1 aliphatic carbocycles. The van der Waals surface area contributed by atoms with E-state index in [1.54, 1.807) is 23.6 Å². The van der Waals surface area contributed by atoms with E-state index in [9.17, 15) is 14.4 Å². The second kappa shape index (κ2) is 8.35. The van der Waals surface area contributed by atoms with Crippen molar-refractivity contribution in [2.45, 2.75) is 43.8 Å². The number of thioether (sulfide) groups is 1. The Morgan fingerprint density at radius 3 is 2.77 bits per heavy atom. The van der Waals surface area contributed by atoms with Gasteiger partial charge in [-0.05, 0) is 31.9 Å². The van der Waals surface area contributed by atoms with E-state index >= 15 is 0 Å². The molecule has 1 fully saturated rings. The van der Waals surface area contributed by atoms with E-state index in [0.717, 1.165) is 37.4 Å². The number of benzene rings is 1. The normalized spacial score (nSPS) is 14.5. The Bertz CT molecular complexity index is 874. The van der Waals surface area contributed by atoms with Crippen LogP contribution in [0.1, 0.15) is 38.6 Å². The number of amides is 2. The number of hydrogen-bond acceptors (Lipinski definition) is 6. The lowest BCUT2D eigenvalue weighted by Gasteiger charge is -2.18. The van der Waals surface area contributed by atoms with Crippen LogP contribution in [-0.2, 0) is 9.53 Å². The maximum atomic E-state index is 13.0. The van der Waals surface area contributed by atoms with Gasteiger partial charge in [-0.2, -0.15) is 0 Å². The lowest BCUT2D eigenvalue weighted by molar-refractivity contribution is -0.117. The monoisotopic (exact) mass is 375 g/mol. The Labute approximate surface area is 155 Å². The number of fused-ring (bicyclic) bond motifs is 1. The van der Waals surface area contributed by atoms with E-state index in [2.05, 4.69) is 10.3 Å². The second-order valence-corrected chi connectivity index (χ2v) is 7.02. The summed E-state index contributed by atoms with van der Waals surface area (Å²) in [6.07, 6.45) is 3.26. The average Bonchev–Trinajstić information content (AvgIpc) is 3.14. The molecule has 138 valence electrons. The molecule has 0 saturated heterocycles. The highest BCUT2D eigenvalue weighted by atomic mass is 32.2. The van der Waals surface area contributed by atoms with Crippen molar-refractivity contribution in [3.63, 3.8) is 0 Å². The highest BCUT2D eigenvalue weighted by molar-refractivity contribution is 7.99. The molecule has 1 saturated carbocycles. The predicted octanol–water partition coefficient (Wildman–Crippen LogP) is 2.88. The molecule has 2 amide bonds. The van der Waals surface area contributed by atoms with Gasteiger partial charge in [0.1, 0.15) is 0 Å². The van der Waals surface area contributed by atoms with Crippen LogP contribution in [0.2, 0.25) is 0 Å². The number of carbonyl (C=O) groups is 2. The topological polar surface area (TPSA) is 90.3 Å².